The fraction of sp³-hybridized carbons (Fsp3) is 0.222. The predicted octanol–water partition coefficient (Wildman–Crippen LogP) is 4.55. The molecule has 1 N–H and O–H groups in total. The van der Waals surface area contributed by atoms with Gasteiger partial charge in [-0.3, -0.25) is 14.4 Å². The molecule has 0 unspecified atom stereocenters. The number of carboxylic acids is 1. The first-order valence-electron chi connectivity index (χ1n) is 8.14. The minimum atomic E-state index is -0.928. The summed E-state index contributed by atoms with van der Waals surface area (Å²) in [5.41, 5.74) is 3.75. The number of nitrogens with zero attached hydrogens (tertiary/aromatic N) is 4. The fourth-order valence-electron chi connectivity index (χ4n) is 3.16. The number of hydrogen-bond donors (Lipinski definition) is 1. The van der Waals surface area contributed by atoms with Gasteiger partial charge >= 0.3 is 5.97 Å². The molecule has 0 bridgehead atoms. The number of aryl methyl sites for hydroxylation is 1. The van der Waals surface area contributed by atoms with Gasteiger partial charge in [0.15, 0.2) is 5.82 Å². The third-order valence-corrected chi connectivity index (χ3v) is 7.22. The van der Waals surface area contributed by atoms with Crippen LogP contribution in [0.1, 0.15) is 40.8 Å². The topological polar surface area (TPSA) is 80.4 Å². The van der Waals surface area contributed by atoms with Crippen LogP contribution < -0.4 is 0 Å². The number of benzene rings is 1. The van der Waals surface area contributed by atoms with Gasteiger partial charge in [-0.15, -0.1) is 21.5 Å². The monoisotopic (exact) mass is 1800 g/mol. The largest absolute Gasteiger partial charge is 0.481 e. The Morgan fingerprint density at radius 3 is 2.15 bits per heavy atom. The van der Waals surface area contributed by atoms with Crippen molar-refractivity contribution in [3.63, 3.8) is 0 Å². The summed E-state index contributed by atoms with van der Waals surface area (Å²) < 4.78 is 3.09. The zero-order valence-electron chi connectivity index (χ0n) is 17.3. The van der Waals surface area contributed by atoms with Crippen molar-refractivity contribution >= 4 is 57.2 Å². The third kappa shape index (κ3) is 9.31. The molecule has 3 heterocycles. The van der Waals surface area contributed by atoms with Crippen LogP contribution in [0, 0.1) is 16.7 Å². The Labute approximate surface area is 320 Å². The minimum absolute atomic E-state index is 0. The second kappa shape index (κ2) is 19.2. The van der Waals surface area contributed by atoms with E-state index >= 15 is 0 Å². The average molecular weight is 1800 g/mol. The van der Waals surface area contributed by atoms with Gasteiger partial charge in [0.05, 0.1) is 15.0 Å². The van der Waals surface area contributed by atoms with Gasteiger partial charge in [-0.05, 0) is 54.1 Å². The molecule has 0 saturated carbocycles. The molecule has 34 heavy (non-hydrogen) atoms. The van der Waals surface area contributed by atoms with Crippen molar-refractivity contribution < 1.29 is 157 Å². The maximum atomic E-state index is 11.5. The van der Waals surface area contributed by atoms with Gasteiger partial charge in [-0.1, -0.05) is 23.7 Å². The molecule has 0 amide bonds. The molecule has 0 saturated heterocycles. The van der Waals surface area contributed by atoms with Gasteiger partial charge in [0.1, 0.15) is 16.9 Å². The number of hydrogen-bond acceptors (Lipinski definition) is 5. The number of carbonyl (C=O) groups is 1. The first-order valence-corrected chi connectivity index (χ1v) is 10.4. The van der Waals surface area contributed by atoms with E-state index in [2.05, 4.69) is 39.7 Å². The molecule has 1 aliphatic heterocycles. The van der Waals surface area contributed by atoms with Crippen molar-refractivity contribution in [1.29, 1.82) is 0 Å². The smallest absolute Gasteiger partial charge is 0.306 e. The molecule has 1 aromatic carbocycles. The molecular weight excluding hydrogens is 1790 g/mol. The zero-order valence-corrected chi connectivity index (χ0v) is 41.5. The summed E-state index contributed by atoms with van der Waals surface area (Å²) in [6, 6.07) is 6.83. The standard InChI is InChI=1S/C18H14ClIN4O2S.7W/c1-8-14-15(10-3-5-11(19)6-4-10)21-12(7-13(25)26)17-23-22-9(2)24(17)18(14)27-16(8)20;;;;;;;/h3-6,12H,7H2,1-2H3,(H,25,26);;;;;;;/t12-;;;;;;;/m0......./s1. The zero-order chi connectivity index (χ0) is 19.3. The molecule has 1 atom stereocenters. The molecular formula is C18H14ClIN4O2SW7. The maximum absolute atomic E-state index is 11.5. The van der Waals surface area contributed by atoms with Crippen LogP contribution in [0.15, 0.2) is 29.3 Å². The van der Waals surface area contributed by atoms with Crippen molar-refractivity contribution in [1.82, 2.24) is 14.8 Å². The number of aromatic nitrogens is 3. The van der Waals surface area contributed by atoms with E-state index in [4.69, 9.17) is 16.6 Å². The Hall–Kier alpha value is 3.04. The van der Waals surface area contributed by atoms with E-state index in [9.17, 15) is 9.90 Å². The van der Waals surface area contributed by atoms with E-state index in [1.807, 2.05) is 35.8 Å². The molecule has 0 radical (unpaired) electrons. The maximum Gasteiger partial charge on any atom is 0.306 e. The normalized spacial score (nSPS) is 12.5. The van der Waals surface area contributed by atoms with Crippen molar-refractivity contribution in [2.45, 2.75) is 26.3 Å². The first kappa shape index (κ1) is 44.1. The summed E-state index contributed by atoms with van der Waals surface area (Å²) in [4.78, 5) is 16.3. The number of thiophene rings is 1. The molecule has 1 aliphatic rings. The predicted molar refractivity (Wildman–Crippen MR) is 114 cm³/mol. The van der Waals surface area contributed by atoms with Crippen LogP contribution in [-0.2, 0) is 152 Å². The Morgan fingerprint density at radius 1 is 1.06 bits per heavy atom. The Morgan fingerprint density at radius 2 is 1.62 bits per heavy atom. The van der Waals surface area contributed by atoms with Crippen molar-refractivity contribution in [3.05, 3.63) is 60.5 Å². The van der Waals surface area contributed by atoms with E-state index in [1.54, 1.807) is 11.3 Å². The van der Waals surface area contributed by atoms with Gasteiger partial charge in [-0.2, -0.15) is 0 Å². The van der Waals surface area contributed by atoms with Crippen molar-refractivity contribution in [3.8, 4) is 5.00 Å². The summed E-state index contributed by atoms with van der Waals surface area (Å²) in [6.45, 7) is 3.92. The molecule has 0 aliphatic carbocycles. The molecule has 16 heteroatoms. The molecule has 3 aromatic rings. The SMILES string of the molecule is Cc1c(I)sc2c1C(c1ccc(Cl)cc1)=N[C@@H](CC(=O)O)c1nnc(C)n1-2.[W].[W].[W].[W].[W].[W].[W]. The minimum Gasteiger partial charge on any atom is -0.481 e. The number of halogens is 2. The van der Waals surface area contributed by atoms with Gasteiger partial charge in [0.25, 0.3) is 0 Å². The van der Waals surface area contributed by atoms with Crippen molar-refractivity contribution in [2.75, 3.05) is 0 Å². The van der Waals surface area contributed by atoms with Gasteiger partial charge in [0, 0.05) is 164 Å². The van der Waals surface area contributed by atoms with Crippen molar-refractivity contribution in [2.24, 2.45) is 4.99 Å². The van der Waals surface area contributed by atoms with Crippen LogP contribution in [0.3, 0.4) is 0 Å². The van der Waals surface area contributed by atoms with E-state index in [0.717, 1.165) is 30.3 Å². The summed E-state index contributed by atoms with van der Waals surface area (Å²) in [5.74, 6) is 0.340. The summed E-state index contributed by atoms with van der Waals surface area (Å²) in [7, 11) is 0. The van der Waals surface area contributed by atoms with Crippen LogP contribution in [0.2, 0.25) is 5.02 Å². The van der Waals surface area contributed by atoms with Crippen LogP contribution in [-0.4, -0.2) is 31.6 Å². The summed E-state index contributed by atoms with van der Waals surface area (Å²) >= 11 is 10.0. The van der Waals surface area contributed by atoms with Gasteiger partial charge in [0.2, 0.25) is 0 Å². The number of carboxylic acid groups (broad SMARTS) is 1. The van der Waals surface area contributed by atoms with Crippen LogP contribution >= 0.6 is 45.5 Å². The van der Waals surface area contributed by atoms with Crippen LogP contribution in [0.25, 0.3) is 5.00 Å². The quantitative estimate of drug-likeness (QED) is 0.391. The molecule has 0 spiro atoms. The number of rotatable bonds is 3. The first-order chi connectivity index (χ1) is 12.9. The fourth-order valence-corrected chi connectivity index (χ4v) is 5.28. The van der Waals surface area contributed by atoms with Crippen LogP contribution in [0.5, 0.6) is 0 Å². The van der Waals surface area contributed by atoms with E-state index < -0.39 is 12.0 Å². The molecule has 2 aromatic heterocycles. The Bertz CT molecular complexity index is 1110. The molecule has 0 fully saturated rings. The average Bonchev–Trinajstić information content (AvgIpc) is 3.08. The molecule has 180 valence electrons. The second-order valence-corrected chi connectivity index (χ2v) is 9.47. The van der Waals surface area contributed by atoms with E-state index in [0.29, 0.717) is 16.7 Å². The Kier molecular flexibility index (Phi) is 24.9. The second-order valence-electron chi connectivity index (χ2n) is 6.22. The number of aliphatic imine (C=N–C) groups is 1. The number of fused-ring (bicyclic) bond motifs is 3. The van der Waals surface area contributed by atoms with Gasteiger partial charge < -0.3 is 5.11 Å². The van der Waals surface area contributed by atoms with Crippen LogP contribution in [0.4, 0.5) is 0 Å². The Balaban J connectivity index is -0.000000643. The third-order valence-electron chi connectivity index (χ3n) is 4.43. The molecule has 6 nitrogen and oxygen atoms in total. The number of aliphatic carboxylic acids is 1. The molecule has 4 rings (SSSR count). The van der Waals surface area contributed by atoms with E-state index in [1.165, 1.54) is 0 Å². The summed E-state index contributed by atoms with van der Waals surface area (Å²) in [6.07, 6.45) is -0.152. The van der Waals surface area contributed by atoms with Gasteiger partial charge in [-0.25, -0.2) is 0 Å². The van der Waals surface area contributed by atoms with E-state index in [-0.39, 0.29) is 154 Å². The summed E-state index contributed by atoms with van der Waals surface area (Å²) in [5, 5.41) is 19.5.